The molecule has 2 heterocycles. The Balaban J connectivity index is 1.64. The fourth-order valence-corrected chi connectivity index (χ4v) is 5.70. The van der Waals surface area contributed by atoms with Crippen LogP contribution in [0.15, 0.2) is 24.3 Å². The van der Waals surface area contributed by atoms with E-state index < -0.39 is 29.7 Å². The maximum atomic E-state index is 13.3. The molecule has 7 nitrogen and oxygen atoms in total. The van der Waals surface area contributed by atoms with Crippen molar-refractivity contribution in [1.29, 1.82) is 0 Å². The molecule has 168 valence electrons. The highest BCUT2D eigenvalue weighted by Gasteiger charge is 2.42. The van der Waals surface area contributed by atoms with Crippen LogP contribution >= 0.6 is 11.3 Å². The van der Waals surface area contributed by atoms with Gasteiger partial charge in [-0.25, -0.2) is 4.79 Å². The number of thiophene rings is 1. The number of fused-ring (bicyclic) bond motifs is 2. The third-order valence-corrected chi connectivity index (χ3v) is 7.17. The molecule has 1 aliphatic heterocycles. The smallest absolute Gasteiger partial charge is 0.341 e. The molecule has 8 heteroatoms. The molecule has 4 rings (SSSR count). The van der Waals surface area contributed by atoms with Gasteiger partial charge in [0, 0.05) is 4.88 Å². The third kappa shape index (κ3) is 3.83. The lowest BCUT2D eigenvalue weighted by molar-refractivity contribution is -0.120. The van der Waals surface area contributed by atoms with Gasteiger partial charge in [-0.3, -0.25) is 19.3 Å². The maximum Gasteiger partial charge on any atom is 0.341 e. The summed E-state index contributed by atoms with van der Waals surface area (Å²) < 4.78 is 5.28. The van der Waals surface area contributed by atoms with E-state index in [0.717, 1.165) is 47.4 Å². The van der Waals surface area contributed by atoms with E-state index in [0.29, 0.717) is 21.7 Å². The van der Waals surface area contributed by atoms with E-state index in [-0.39, 0.29) is 13.0 Å². The Morgan fingerprint density at radius 1 is 1.06 bits per heavy atom. The van der Waals surface area contributed by atoms with Gasteiger partial charge in [-0.15, -0.1) is 11.3 Å². The van der Waals surface area contributed by atoms with Crippen molar-refractivity contribution >= 4 is 40.0 Å². The average molecular weight is 455 g/mol. The number of esters is 1. The lowest BCUT2D eigenvalue weighted by atomic mass is 10.1. The molecule has 1 aromatic carbocycles. The maximum absolute atomic E-state index is 13.3. The first kappa shape index (κ1) is 22.2. The minimum atomic E-state index is -0.973. The predicted molar refractivity (Wildman–Crippen MR) is 121 cm³/mol. The number of rotatable bonds is 6. The largest absolute Gasteiger partial charge is 0.462 e. The summed E-state index contributed by atoms with van der Waals surface area (Å²) in [6.07, 6.45) is 5.01. The second-order valence-corrected chi connectivity index (χ2v) is 9.03. The van der Waals surface area contributed by atoms with Crippen LogP contribution in [0.25, 0.3) is 0 Å². The van der Waals surface area contributed by atoms with E-state index in [1.807, 2.05) is 0 Å². The number of amides is 3. The Morgan fingerprint density at radius 2 is 1.72 bits per heavy atom. The van der Waals surface area contributed by atoms with E-state index in [1.54, 1.807) is 38.1 Å². The van der Waals surface area contributed by atoms with Crippen molar-refractivity contribution in [3.63, 3.8) is 0 Å². The first-order chi connectivity index (χ1) is 15.5. The van der Waals surface area contributed by atoms with Gasteiger partial charge in [0.2, 0.25) is 5.91 Å². The lowest BCUT2D eigenvalue weighted by Gasteiger charge is -2.24. The number of carbonyl (C=O) groups is 4. The van der Waals surface area contributed by atoms with Crippen molar-refractivity contribution in [1.82, 2.24) is 4.90 Å². The minimum absolute atomic E-state index is 0.240. The van der Waals surface area contributed by atoms with Crippen LogP contribution in [0, 0.1) is 0 Å². The molecule has 1 N–H and O–H groups in total. The zero-order valence-corrected chi connectivity index (χ0v) is 19.0. The molecule has 0 saturated heterocycles. The Bertz CT molecular complexity index is 1060. The van der Waals surface area contributed by atoms with E-state index in [1.165, 1.54) is 11.3 Å². The number of imide groups is 1. The van der Waals surface area contributed by atoms with Crippen LogP contribution in [-0.4, -0.2) is 41.2 Å². The molecule has 0 fully saturated rings. The molecule has 1 unspecified atom stereocenters. The molecular weight excluding hydrogens is 428 g/mol. The van der Waals surface area contributed by atoms with Gasteiger partial charge in [0.05, 0.1) is 23.3 Å². The first-order valence-electron chi connectivity index (χ1n) is 11.1. The van der Waals surface area contributed by atoms with Gasteiger partial charge in [0.1, 0.15) is 11.0 Å². The van der Waals surface area contributed by atoms with Crippen LogP contribution in [0.2, 0.25) is 0 Å². The Morgan fingerprint density at radius 3 is 2.34 bits per heavy atom. The number of nitrogens with zero attached hydrogens (tertiary/aromatic N) is 1. The number of carbonyl (C=O) groups excluding carboxylic acids is 4. The van der Waals surface area contributed by atoms with Crippen molar-refractivity contribution in [2.24, 2.45) is 0 Å². The summed E-state index contributed by atoms with van der Waals surface area (Å²) in [6, 6.07) is 5.60. The minimum Gasteiger partial charge on any atom is -0.462 e. The third-order valence-electron chi connectivity index (χ3n) is 5.96. The van der Waals surface area contributed by atoms with E-state index in [9.17, 15) is 19.2 Å². The molecular formula is C24H26N2O5S. The van der Waals surface area contributed by atoms with E-state index in [4.69, 9.17) is 4.74 Å². The number of nitrogens with one attached hydrogen (secondary N) is 1. The molecule has 0 bridgehead atoms. The summed E-state index contributed by atoms with van der Waals surface area (Å²) in [5, 5.41) is 3.30. The second kappa shape index (κ2) is 9.24. The Labute approximate surface area is 190 Å². The number of hydrogen-bond acceptors (Lipinski definition) is 6. The topological polar surface area (TPSA) is 92.8 Å². The van der Waals surface area contributed by atoms with Gasteiger partial charge in [-0.05, 0) is 56.7 Å². The molecule has 2 aliphatic rings. The molecule has 3 amide bonds. The normalized spacial score (nSPS) is 16.2. The molecule has 1 aliphatic carbocycles. The van der Waals surface area contributed by atoms with Gasteiger partial charge in [-0.1, -0.05) is 25.5 Å². The van der Waals surface area contributed by atoms with Gasteiger partial charge in [0.25, 0.3) is 11.8 Å². The zero-order chi connectivity index (χ0) is 22.8. The van der Waals surface area contributed by atoms with Crippen LogP contribution in [0.1, 0.15) is 81.0 Å². The van der Waals surface area contributed by atoms with Crippen molar-refractivity contribution < 1.29 is 23.9 Å². The van der Waals surface area contributed by atoms with Crippen LogP contribution in [0.4, 0.5) is 5.00 Å². The zero-order valence-electron chi connectivity index (χ0n) is 18.2. The molecule has 1 aromatic heterocycles. The summed E-state index contributed by atoms with van der Waals surface area (Å²) in [4.78, 5) is 53.9. The highest BCUT2D eigenvalue weighted by Crippen LogP contribution is 2.38. The highest BCUT2D eigenvalue weighted by molar-refractivity contribution is 7.17. The fourth-order valence-electron chi connectivity index (χ4n) is 4.42. The van der Waals surface area contributed by atoms with Gasteiger partial charge in [-0.2, -0.15) is 0 Å². The van der Waals surface area contributed by atoms with Crippen molar-refractivity contribution in [3.8, 4) is 0 Å². The monoisotopic (exact) mass is 454 g/mol. The van der Waals surface area contributed by atoms with Crippen LogP contribution in [0.3, 0.4) is 0 Å². The number of anilines is 1. The van der Waals surface area contributed by atoms with E-state index in [2.05, 4.69) is 5.32 Å². The second-order valence-electron chi connectivity index (χ2n) is 7.93. The Hall–Kier alpha value is -3.00. The SMILES string of the molecule is CCOC(=O)c1c(NC(=O)C(CC)N2C(=O)c3ccccc3C2=O)sc2c1CCCCC2. The van der Waals surface area contributed by atoms with Crippen molar-refractivity contribution in [2.45, 2.75) is 58.4 Å². The number of aryl methyl sites for hydroxylation is 1. The summed E-state index contributed by atoms with van der Waals surface area (Å²) in [6.45, 7) is 3.74. The molecule has 0 spiro atoms. The van der Waals surface area contributed by atoms with Crippen molar-refractivity contribution in [2.75, 3.05) is 11.9 Å². The van der Waals surface area contributed by atoms with Gasteiger partial charge < -0.3 is 10.1 Å². The molecule has 1 atom stereocenters. The van der Waals surface area contributed by atoms with Crippen molar-refractivity contribution in [3.05, 3.63) is 51.4 Å². The molecule has 2 aromatic rings. The summed E-state index contributed by atoms with van der Waals surface area (Å²) in [7, 11) is 0. The van der Waals surface area contributed by atoms with Crippen LogP contribution < -0.4 is 5.32 Å². The summed E-state index contributed by atoms with van der Waals surface area (Å²) in [5.74, 6) is -1.87. The quantitative estimate of drug-likeness (QED) is 0.401. The lowest BCUT2D eigenvalue weighted by Crippen LogP contribution is -2.46. The van der Waals surface area contributed by atoms with Crippen LogP contribution in [-0.2, 0) is 22.4 Å². The predicted octanol–water partition coefficient (Wildman–Crippen LogP) is 4.21. The van der Waals surface area contributed by atoms with Gasteiger partial charge in [0.15, 0.2) is 0 Å². The standard InChI is InChI=1S/C24H26N2O5S/c1-3-17(26-22(28)14-10-8-9-11-15(14)23(26)29)20(27)25-21-19(24(30)31-4-2)16-12-6-5-7-13-18(16)32-21/h8-11,17H,3-7,12-13H2,1-2H3,(H,25,27). The number of ether oxygens (including phenoxy) is 1. The van der Waals surface area contributed by atoms with Crippen LogP contribution in [0.5, 0.6) is 0 Å². The first-order valence-corrected chi connectivity index (χ1v) is 11.9. The van der Waals surface area contributed by atoms with Gasteiger partial charge >= 0.3 is 5.97 Å². The number of hydrogen-bond donors (Lipinski definition) is 1. The summed E-state index contributed by atoms with van der Waals surface area (Å²) in [5.41, 5.74) is 1.98. The highest BCUT2D eigenvalue weighted by atomic mass is 32.1. The molecule has 0 radical (unpaired) electrons. The summed E-state index contributed by atoms with van der Waals surface area (Å²) >= 11 is 1.40. The average Bonchev–Trinajstić information content (AvgIpc) is 3.12. The molecule has 0 saturated carbocycles. The Kier molecular flexibility index (Phi) is 6.41. The number of benzene rings is 1. The van der Waals surface area contributed by atoms with E-state index >= 15 is 0 Å². The fraction of sp³-hybridized carbons (Fsp3) is 0.417. The molecule has 32 heavy (non-hydrogen) atoms.